The van der Waals surface area contributed by atoms with Crippen LogP contribution in [-0.2, 0) is 4.79 Å². The van der Waals surface area contributed by atoms with Crippen LogP contribution in [0.1, 0.15) is 16.8 Å². The molecule has 5 nitrogen and oxygen atoms in total. The summed E-state index contributed by atoms with van der Waals surface area (Å²) in [4.78, 5) is 23.4. The summed E-state index contributed by atoms with van der Waals surface area (Å²) < 4.78 is 0. The molecule has 6 heteroatoms. The van der Waals surface area contributed by atoms with Gasteiger partial charge in [-0.05, 0) is 25.1 Å². The minimum absolute atomic E-state index is 0. The van der Waals surface area contributed by atoms with E-state index in [1.165, 1.54) is 5.57 Å². The minimum Gasteiger partial charge on any atom is -0.351 e. The SMILES string of the molecule is Cl.O=C(CNC(=O)c1ccccc1)NCC1=CCNCC1. The predicted octanol–water partition coefficient (Wildman–Crippen LogP) is 0.874. The Kier molecular flexibility index (Phi) is 7.50. The average Bonchev–Trinajstić information content (AvgIpc) is 2.52. The molecular formula is C15H20ClN3O2. The zero-order valence-electron chi connectivity index (χ0n) is 11.7. The fraction of sp³-hybridized carbons (Fsp3) is 0.333. The molecule has 0 saturated heterocycles. The van der Waals surface area contributed by atoms with Gasteiger partial charge in [0.05, 0.1) is 6.54 Å². The van der Waals surface area contributed by atoms with Gasteiger partial charge in [0.15, 0.2) is 0 Å². The zero-order chi connectivity index (χ0) is 14.2. The largest absolute Gasteiger partial charge is 0.351 e. The van der Waals surface area contributed by atoms with E-state index in [-0.39, 0.29) is 30.8 Å². The lowest BCUT2D eigenvalue weighted by molar-refractivity contribution is -0.119. The van der Waals surface area contributed by atoms with Gasteiger partial charge >= 0.3 is 0 Å². The second-order valence-corrected chi connectivity index (χ2v) is 4.64. The van der Waals surface area contributed by atoms with Crippen LogP contribution >= 0.6 is 12.4 Å². The van der Waals surface area contributed by atoms with Crippen molar-refractivity contribution in [3.63, 3.8) is 0 Å². The van der Waals surface area contributed by atoms with Crippen LogP contribution in [0.4, 0.5) is 0 Å². The lowest BCUT2D eigenvalue weighted by Crippen LogP contribution is -2.38. The summed E-state index contributed by atoms with van der Waals surface area (Å²) in [6.45, 7) is 2.36. The van der Waals surface area contributed by atoms with E-state index in [1.54, 1.807) is 24.3 Å². The van der Waals surface area contributed by atoms with Gasteiger partial charge in [-0.2, -0.15) is 0 Å². The van der Waals surface area contributed by atoms with Crippen molar-refractivity contribution >= 4 is 24.2 Å². The third-order valence-electron chi connectivity index (χ3n) is 3.12. The maximum absolute atomic E-state index is 11.7. The highest BCUT2D eigenvalue weighted by Crippen LogP contribution is 2.01. The molecule has 1 aliphatic rings. The summed E-state index contributed by atoms with van der Waals surface area (Å²) in [6.07, 6.45) is 3.04. The molecule has 1 heterocycles. The molecule has 0 atom stereocenters. The Bertz CT molecular complexity index is 503. The number of hydrogen-bond acceptors (Lipinski definition) is 3. The lowest BCUT2D eigenvalue weighted by atomic mass is 10.1. The highest BCUT2D eigenvalue weighted by Gasteiger charge is 2.08. The monoisotopic (exact) mass is 309 g/mol. The first-order chi connectivity index (χ1) is 9.75. The number of nitrogens with one attached hydrogen (secondary N) is 3. The molecule has 3 N–H and O–H groups in total. The molecule has 2 rings (SSSR count). The second-order valence-electron chi connectivity index (χ2n) is 4.64. The average molecular weight is 310 g/mol. The van der Waals surface area contributed by atoms with Crippen LogP contribution < -0.4 is 16.0 Å². The summed E-state index contributed by atoms with van der Waals surface area (Å²) >= 11 is 0. The van der Waals surface area contributed by atoms with E-state index in [4.69, 9.17) is 0 Å². The van der Waals surface area contributed by atoms with Crippen molar-refractivity contribution in [3.05, 3.63) is 47.5 Å². The fourth-order valence-electron chi connectivity index (χ4n) is 1.96. The molecule has 0 fully saturated rings. The van der Waals surface area contributed by atoms with E-state index in [0.29, 0.717) is 12.1 Å². The van der Waals surface area contributed by atoms with Crippen LogP contribution in [0.2, 0.25) is 0 Å². The van der Waals surface area contributed by atoms with E-state index in [2.05, 4.69) is 22.0 Å². The first-order valence-electron chi connectivity index (χ1n) is 6.74. The van der Waals surface area contributed by atoms with E-state index in [0.717, 1.165) is 19.5 Å². The fourth-order valence-corrected chi connectivity index (χ4v) is 1.96. The number of hydrogen-bond donors (Lipinski definition) is 3. The molecule has 0 spiro atoms. The maximum atomic E-state index is 11.7. The normalized spacial score (nSPS) is 13.6. The molecule has 2 amide bonds. The number of carbonyl (C=O) groups excluding carboxylic acids is 2. The number of benzene rings is 1. The third kappa shape index (κ3) is 5.97. The Balaban J connectivity index is 0.00000220. The topological polar surface area (TPSA) is 70.2 Å². The number of rotatable bonds is 5. The Morgan fingerprint density at radius 1 is 1.14 bits per heavy atom. The summed E-state index contributed by atoms with van der Waals surface area (Å²) in [6, 6.07) is 8.85. The highest BCUT2D eigenvalue weighted by atomic mass is 35.5. The molecular weight excluding hydrogens is 290 g/mol. The first-order valence-corrected chi connectivity index (χ1v) is 6.74. The molecule has 0 unspecified atom stereocenters. The van der Waals surface area contributed by atoms with Gasteiger partial charge in [0, 0.05) is 18.7 Å². The molecule has 1 aromatic rings. The van der Waals surface area contributed by atoms with Crippen LogP contribution in [0, 0.1) is 0 Å². The van der Waals surface area contributed by atoms with Gasteiger partial charge in [-0.25, -0.2) is 0 Å². The molecule has 0 aromatic heterocycles. The molecule has 0 radical (unpaired) electrons. The van der Waals surface area contributed by atoms with Crippen LogP contribution in [-0.4, -0.2) is 38.0 Å². The zero-order valence-corrected chi connectivity index (χ0v) is 12.5. The number of halogens is 1. The second kappa shape index (κ2) is 9.15. The van der Waals surface area contributed by atoms with Crippen molar-refractivity contribution < 1.29 is 9.59 Å². The molecule has 114 valence electrons. The van der Waals surface area contributed by atoms with Crippen LogP contribution in [0.5, 0.6) is 0 Å². The van der Waals surface area contributed by atoms with Gasteiger partial charge in [-0.1, -0.05) is 29.8 Å². The van der Waals surface area contributed by atoms with Gasteiger partial charge in [0.25, 0.3) is 5.91 Å². The molecule has 1 aromatic carbocycles. The maximum Gasteiger partial charge on any atom is 0.251 e. The predicted molar refractivity (Wildman–Crippen MR) is 84.6 cm³/mol. The summed E-state index contributed by atoms with van der Waals surface area (Å²) in [7, 11) is 0. The quantitative estimate of drug-likeness (QED) is 0.707. The van der Waals surface area contributed by atoms with E-state index in [1.807, 2.05) is 6.07 Å². The summed E-state index contributed by atoms with van der Waals surface area (Å²) in [5.41, 5.74) is 1.79. The van der Waals surface area contributed by atoms with Gasteiger partial charge in [-0.15, -0.1) is 12.4 Å². The van der Waals surface area contributed by atoms with Crippen molar-refractivity contribution in [2.45, 2.75) is 6.42 Å². The van der Waals surface area contributed by atoms with Gasteiger partial charge < -0.3 is 16.0 Å². The van der Waals surface area contributed by atoms with Crippen molar-refractivity contribution in [2.24, 2.45) is 0 Å². The van der Waals surface area contributed by atoms with Crippen LogP contribution in [0.25, 0.3) is 0 Å². The van der Waals surface area contributed by atoms with E-state index < -0.39 is 0 Å². The Labute approximate surface area is 130 Å². The van der Waals surface area contributed by atoms with Crippen LogP contribution in [0.3, 0.4) is 0 Å². The van der Waals surface area contributed by atoms with Crippen molar-refractivity contribution in [1.82, 2.24) is 16.0 Å². The number of carbonyl (C=O) groups is 2. The van der Waals surface area contributed by atoms with Crippen LogP contribution in [0.15, 0.2) is 42.0 Å². The minimum atomic E-state index is -0.234. The van der Waals surface area contributed by atoms with Gasteiger partial charge in [-0.3, -0.25) is 9.59 Å². The molecule has 21 heavy (non-hydrogen) atoms. The number of amides is 2. The highest BCUT2D eigenvalue weighted by molar-refractivity contribution is 5.96. The van der Waals surface area contributed by atoms with Crippen molar-refractivity contribution in [2.75, 3.05) is 26.2 Å². The van der Waals surface area contributed by atoms with E-state index in [9.17, 15) is 9.59 Å². The molecule has 0 bridgehead atoms. The Morgan fingerprint density at radius 2 is 1.90 bits per heavy atom. The molecule has 0 aliphatic carbocycles. The Morgan fingerprint density at radius 3 is 2.57 bits per heavy atom. The van der Waals surface area contributed by atoms with Crippen molar-refractivity contribution in [1.29, 1.82) is 0 Å². The molecule has 0 saturated carbocycles. The Hall–Kier alpha value is -1.85. The summed E-state index contributed by atoms with van der Waals surface area (Å²) in [5, 5.41) is 8.63. The van der Waals surface area contributed by atoms with Gasteiger partial charge in [0.1, 0.15) is 0 Å². The summed E-state index contributed by atoms with van der Waals surface area (Å²) in [5.74, 6) is -0.407. The third-order valence-corrected chi connectivity index (χ3v) is 3.12. The van der Waals surface area contributed by atoms with Gasteiger partial charge in [0.2, 0.25) is 5.91 Å². The van der Waals surface area contributed by atoms with Crippen molar-refractivity contribution in [3.8, 4) is 0 Å². The smallest absolute Gasteiger partial charge is 0.251 e. The standard InChI is InChI=1S/C15H19N3O2.ClH/c19-14(17-10-12-6-8-16-9-7-12)11-18-15(20)13-4-2-1-3-5-13;/h1-6,16H,7-11H2,(H,17,19)(H,18,20);1H. The van der Waals surface area contributed by atoms with E-state index >= 15 is 0 Å². The lowest BCUT2D eigenvalue weighted by Gasteiger charge is -2.14. The molecule has 1 aliphatic heterocycles. The first kappa shape index (κ1) is 17.2.